The fourth-order valence-corrected chi connectivity index (χ4v) is 3.75. The minimum atomic E-state index is -3.70. The van der Waals surface area contributed by atoms with E-state index in [4.69, 9.17) is 4.74 Å². The van der Waals surface area contributed by atoms with Crippen LogP contribution in [0.1, 0.15) is 0 Å². The molecule has 0 aliphatic heterocycles. The lowest BCUT2D eigenvalue weighted by Gasteiger charge is -2.09. The highest BCUT2D eigenvalue weighted by Gasteiger charge is 2.15. The minimum absolute atomic E-state index is 0.136. The van der Waals surface area contributed by atoms with Crippen molar-refractivity contribution in [3.8, 4) is 17.0 Å². The van der Waals surface area contributed by atoms with Crippen LogP contribution in [-0.4, -0.2) is 29.9 Å². The summed E-state index contributed by atoms with van der Waals surface area (Å²) in [5.41, 5.74) is 2.09. The average molecular weight is 380 g/mol. The van der Waals surface area contributed by atoms with E-state index in [0.29, 0.717) is 17.2 Å². The molecule has 27 heavy (non-hydrogen) atoms. The molecule has 4 aromatic rings. The van der Waals surface area contributed by atoms with Gasteiger partial charge in [0.15, 0.2) is 0 Å². The number of hydrogen-bond donors (Lipinski definition) is 1. The second kappa shape index (κ2) is 6.73. The molecule has 0 spiro atoms. The van der Waals surface area contributed by atoms with Gasteiger partial charge in [-0.15, -0.1) is 0 Å². The van der Waals surface area contributed by atoms with E-state index in [2.05, 4.69) is 14.7 Å². The van der Waals surface area contributed by atoms with Gasteiger partial charge in [-0.25, -0.2) is 18.4 Å². The topological polar surface area (TPSA) is 85.6 Å². The highest BCUT2D eigenvalue weighted by atomic mass is 32.2. The predicted octanol–water partition coefficient (Wildman–Crippen LogP) is 3.21. The molecule has 2 heterocycles. The maximum atomic E-state index is 12.6. The van der Waals surface area contributed by atoms with E-state index in [9.17, 15) is 8.42 Å². The molecule has 0 radical (unpaired) electrons. The Bertz CT molecular complexity index is 1170. The van der Waals surface area contributed by atoms with Crippen molar-refractivity contribution < 1.29 is 13.2 Å². The predicted molar refractivity (Wildman–Crippen MR) is 102 cm³/mol. The third-order valence-electron chi connectivity index (χ3n) is 4.02. The molecule has 0 saturated heterocycles. The van der Waals surface area contributed by atoms with E-state index in [-0.39, 0.29) is 4.90 Å². The second-order valence-corrected chi connectivity index (χ2v) is 7.50. The zero-order valence-corrected chi connectivity index (χ0v) is 15.2. The number of rotatable bonds is 5. The largest absolute Gasteiger partial charge is 0.497 e. The van der Waals surface area contributed by atoms with Gasteiger partial charge in [-0.3, -0.25) is 9.12 Å². The van der Waals surface area contributed by atoms with Crippen molar-refractivity contribution in [3.63, 3.8) is 0 Å². The van der Waals surface area contributed by atoms with E-state index in [1.165, 1.54) is 19.2 Å². The number of nitrogens with one attached hydrogen (secondary N) is 1. The number of benzene rings is 2. The lowest BCUT2D eigenvalue weighted by molar-refractivity contribution is 0.413. The number of anilines is 1. The Morgan fingerprint density at radius 2 is 1.89 bits per heavy atom. The molecule has 2 aromatic heterocycles. The summed E-state index contributed by atoms with van der Waals surface area (Å²) < 4.78 is 34.6. The van der Waals surface area contributed by atoms with E-state index >= 15 is 0 Å². The summed E-state index contributed by atoms with van der Waals surface area (Å²) in [6.45, 7) is 0. The van der Waals surface area contributed by atoms with E-state index in [1.54, 1.807) is 30.5 Å². The molecule has 4 rings (SSSR count). The third kappa shape index (κ3) is 3.47. The molecule has 0 bridgehead atoms. The van der Waals surface area contributed by atoms with Crippen molar-refractivity contribution in [1.82, 2.24) is 14.4 Å². The van der Waals surface area contributed by atoms with Crippen LogP contribution < -0.4 is 9.46 Å². The molecule has 0 aliphatic rings. The Hall–Kier alpha value is -3.39. The van der Waals surface area contributed by atoms with Gasteiger partial charge in [-0.2, -0.15) is 0 Å². The van der Waals surface area contributed by atoms with Gasteiger partial charge in [0.2, 0.25) is 5.78 Å². The van der Waals surface area contributed by atoms with Crippen molar-refractivity contribution in [1.29, 1.82) is 0 Å². The Labute approximate surface area is 156 Å². The molecule has 7 nitrogen and oxygen atoms in total. The molecule has 2 aromatic carbocycles. The fraction of sp³-hybridized carbons (Fsp3) is 0.0526. The Balaban J connectivity index is 1.58. The highest BCUT2D eigenvalue weighted by Crippen LogP contribution is 2.23. The molecule has 0 fully saturated rings. The van der Waals surface area contributed by atoms with E-state index < -0.39 is 10.0 Å². The van der Waals surface area contributed by atoms with Crippen molar-refractivity contribution >= 4 is 21.5 Å². The first-order valence-electron chi connectivity index (χ1n) is 8.12. The van der Waals surface area contributed by atoms with Gasteiger partial charge in [0.1, 0.15) is 5.75 Å². The Morgan fingerprint density at radius 1 is 1.07 bits per heavy atom. The molecule has 0 amide bonds. The molecular weight excluding hydrogens is 364 g/mol. The quantitative estimate of drug-likeness (QED) is 0.575. The fourth-order valence-electron chi connectivity index (χ4n) is 2.66. The molecule has 0 atom stereocenters. The summed E-state index contributed by atoms with van der Waals surface area (Å²) in [6.07, 6.45) is 5.43. The van der Waals surface area contributed by atoms with Crippen LogP contribution in [0.5, 0.6) is 5.75 Å². The summed E-state index contributed by atoms with van der Waals surface area (Å²) >= 11 is 0. The number of methoxy groups -OCH3 is 1. The van der Waals surface area contributed by atoms with Crippen LogP contribution in [0, 0.1) is 0 Å². The van der Waals surface area contributed by atoms with Gasteiger partial charge in [-0.1, -0.05) is 18.2 Å². The van der Waals surface area contributed by atoms with Crippen LogP contribution in [0.3, 0.4) is 0 Å². The first-order valence-corrected chi connectivity index (χ1v) is 9.60. The van der Waals surface area contributed by atoms with Crippen molar-refractivity contribution in [2.75, 3.05) is 11.8 Å². The smallest absolute Gasteiger partial charge is 0.262 e. The molecule has 1 N–H and O–H groups in total. The van der Waals surface area contributed by atoms with Crippen molar-refractivity contribution in [2.45, 2.75) is 4.90 Å². The van der Waals surface area contributed by atoms with Gasteiger partial charge >= 0.3 is 0 Å². The number of sulfonamides is 1. The second-order valence-electron chi connectivity index (χ2n) is 5.81. The average Bonchev–Trinajstić information content (AvgIpc) is 3.12. The lowest BCUT2D eigenvalue weighted by Crippen LogP contribution is -2.12. The van der Waals surface area contributed by atoms with Crippen LogP contribution in [0.15, 0.2) is 78.1 Å². The van der Waals surface area contributed by atoms with Crippen LogP contribution >= 0.6 is 0 Å². The first-order chi connectivity index (χ1) is 13.0. The van der Waals surface area contributed by atoms with Gasteiger partial charge in [0.05, 0.1) is 17.7 Å². The van der Waals surface area contributed by atoms with Crippen molar-refractivity contribution in [3.05, 3.63) is 73.2 Å². The Morgan fingerprint density at radius 3 is 2.63 bits per heavy atom. The minimum Gasteiger partial charge on any atom is -0.497 e. The number of imidazole rings is 1. The SMILES string of the molecule is COc1cccc(S(=O)(=O)Nc2ccc(-c3cn4cccnc4n3)cc2)c1. The zero-order chi connectivity index (χ0) is 18.9. The third-order valence-corrected chi connectivity index (χ3v) is 5.40. The molecule has 8 heteroatoms. The summed E-state index contributed by atoms with van der Waals surface area (Å²) in [4.78, 5) is 8.78. The molecule has 0 aliphatic carbocycles. The summed E-state index contributed by atoms with van der Waals surface area (Å²) in [5.74, 6) is 1.09. The van der Waals surface area contributed by atoms with Gasteiger partial charge in [0, 0.05) is 35.9 Å². The monoisotopic (exact) mass is 380 g/mol. The number of hydrogen-bond acceptors (Lipinski definition) is 5. The van der Waals surface area contributed by atoms with Gasteiger partial charge in [-0.05, 0) is 30.3 Å². The van der Waals surface area contributed by atoms with Gasteiger partial charge < -0.3 is 4.74 Å². The zero-order valence-electron chi connectivity index (χ0n) is 14.4. The standard InChI is InChI=1S/C19H16N4O3S/c1-26-16-4-2-5-17(12-16)27(24,25)22-15-8-6-14(7-9-15)18-13-23-11-3-10-20-19(23)21-18/h2-13,22H,1H3. The molecular formula is C19H16N4O3S. The van der Waals surface area contributed by atoms with Crippen LogP contribution in [0.2, 0.25) is 0 Å². The first kappa shape index (κ1) is 17.0. The number of aromatic nitrogens is 3. The van der Waals surface area contributed by atoms with Gasteiger partial charge in [0.25, 0.3) is 10.0 Å². The van der Waals surface area contributed by atoms with Crippen LogP contribution in [0.4, 0.5) is 5.69 Å². The lowest BCUT2D eigenvalue weighted by atomic mass is 10.1. The Kier molecular flexibility index (Phi) is 4.25. The summed E-state index contributed by atoms with van der Waals surface area (Å²) in [7, 11) is -2.21. The summed E-state index contributed by atoms with van der Waals surface area (Å²) in [5, 5.41) is 0. The van der Waals surface area contributed by atoms with E-state index in [0.717, 1.165) is 11.3 Å². The molecule has 0 unspecified atom stereocenters. The maximum absolute atomic E-state index is 12.6. The summed E-state index contributed by atoms with van der Waals surface area (Å²) in [6, 6.07) is 15.2. The maximum Gasteiger partial charge on any atom is 0.262 e. The molecule has 136 valence electrons. The number of nitrogens with zero attached hydrogens (tertiary/aromatic N) is 3. The number of ether oxygens (including phenoxy) is 1. The number of fused-ring (bicyclic) bond motifs is 1. The van der Waals surface area contributed by atoms with Crippen LogP contribution in [0.25, 0.3) is 17.0 Å². The van der Waals surface area contributed by atoms with Crippen molar-refractivity contribution in [2.24, 2.45) is 0 Å². The van der Waals surface area contributed by atoms with Crippen LogP contribution in [-0.2, 0) is 10.0 Å². The highest BCUT2D eigenvalue weighted by molar-refractivity contribution is 7.92. The molecule has 0 saturated carbocycles. The van der Waals surface area contributed by atoms with E-state index in [1.807, 2.05) is 35.0 Å². The normalized spacial score (nSPS) is 11.4.